The zero-order valence-corrected chi connectivity index (χ0v) is 16.6. The van der Waals surface area contributed by atoms with Gasteiger partial charge in [0.05, 0.1) is 0 Å². The van der Waals surface area contributed by atoms with E-state index in [4.69, 9.17) is 10.2 Å². The largest absolute Gasteiger partial charge is 0.396 e. The van der Waals surface area contributed by atoms with E-state index in [1.807, 2.05) is 0 Å². The molecule has 0 heterocycles. The zero-order valence-electron chi connectivity index (χ0n) is 15.8. The van der Waals surface area contributed by atoms with Crippen molar-refractivity contribution < 1.29 is 15.0 Å². The number of aliphatic hydroxyl groups excluding tert-OH is 2. The van der Waals surface area contributed by atoms with Crippen molar-refractivity contribution in [1.29, 1.82) is 0 Å². The SMILES string of the molecule is CCCCCCCCCCCCCCCCCO.Cl.NC(=O)CO. The molecule has 0 unspecified atom stereocenters. The number of carbonyl (C=O) groups is 1. The molecule has 0 atom stereocenters. The van der Waals surface area contributed by atoms with E-state index in [1.165, 1.54) is 89.9 Å². The highest BCUT2D eigenvalue weighted by atomic mass is 35.5. The molecule has 0 aromatic carbocycles. The Morgan fingerprint density at radius 3 is 1.12 bits per heavy atom. The van der Waals surface area contributed by atoms with Crippen LogP contribution in [0.4, 0.5) is 0 Å². The standard InChI is InChI=1S/C17H36O.C2H5NO2.ClH/c1-2-3-4-5-6-7-8-9-10-11-12-13-14-15-16-17-18;3-2(5)1-4;/h18H,2-17H2,1H3;4H,1H2,(H2,3,5);1H. The van der Waals surface area contributed by atoms with Crippen molar-refractivity contribution in [2.45, 2.75) is 103 Å². The van der Waals surface area contributed by atoms with Crippen molar-refractivity contribution in [3.8, 4) is 0 Å². The number of unbranched alkanes of at least 4 members (excludes halogenated alkanes) is 14. The van der Waals surface area contributed by atoms with E-state index in [0.29, 0.717) is 6.61 Å². The lowest BCUT2D eigenvalue weighted by atomic mass is 10.0. The first-order valence-corrected chi connectivity index (χ1v) is 9.69. The van der Waals surface area contributed by atoms with Crippen LogP contribution in [0.25, 0.3) is 0 Å². The van der Waals surface area contributed by atoms with E-state index in [1.54, 1.807) is 0 Å². The molecule has 0 aromatic rings. The predicted molar refractivity (Wildman–Crippen MR) is 106 cm³/mol. The molecule has 148 valence electrons. The van der Waals surface area contributed by atoms with Crippen LogP contribution < -0.4 is 5.73 Å². The maximum absolute atomic E-state index is 9.34. The molecule has 24 heavy (non-hydrogen) atoms. The molecule has 0 rings (SSSR count). The van der Waals surface area contributed by atoms with E-state index in [9.17, 15) is 4.79 Å². The normalized spacial score (nSPS) is 9.79. The molecule has 0 aromatic heterocycles. The van der Waals surface area contributed by atoms with E-state index < -0.39 is 12.5 Å². The molecule has 0 spiro atoms. The molecule has 0 saturated heterocycles. The molecular weight excluding hydrogens is 326 g/mol. The second-order valence-electron chi connectivity index (χ2n) is 6.30. The molecule has 5 heteroatoms. The zero-order chi connectivity index (χ0) is 17.6. The van der Waals surface area contributed by atoms with Crippen LogP contribution in [0.2, 0.25) is 0 Å². The number of hydrogen-bond acceptors (Lipinski definition) is 3. The molecule has 0 aliphatic rings. The van der Waals surface area contributed by atoms with Crippen LogP contribution in [0.3, 0.4) is 0 Å². The van der Waals surface area contributed by atoms with Gasteiger partial charge in [-0.05, 0) is 6.42 Å². The first-order chi connectivity index (χ1) is 11.2. The lowest BCUT2D eigenvalue weighted by Gasteiger charge is -2.02. The number of aliphatic hydroxyl groups is 2. The molecule has 0 fully saturated rings. The third-order valence-corrected chi connectivity index (χ3v) is 3.92. The van der Waals surface area contributed by atoms with Gasteiger partial charge in [-0.1, -0.05) is 96.8 Å². The minimum atomic E-state index is -0.690. The van der Waals surface area contributed by atoms with E-state index >= 15 is 0 Å². The van der Waals surface area contributed by atoms with Gasteiger partial charge in [0.2, 0.25) is 5.91 Å². The summed E-state index contributed by atoms with van der Waals surface area (Å²) in [5.41, 5.74) is 4.40. The van der Waals surface area contributed by atoms with E-state index in [2.05, 4.69) is 12.7 Å². The number of hydrogen-bond donors (Lipinski definition) is 3. The highest BCUT2D eigenvalue weighted by molar-refractivity contribution is 5.85. The average Bonchev–Trinajstić information content (AvgIpc) is 2.55. The minimum absolute atomic E-state index is 0. The summed E-state index contributed by atoms with van der Waals surface area (Å²) in [4.78, 5) is 9.34. The fourth-order valence-electron chi connectivity index (χ4n) is 2.48. The van der Waals surface area contributed by atoms with Crippen LogP contribution >= 0.6 is 12.4 Å². The quantitative estimate of drug-likeness (QED) is 0.344. The van der Waals surface area contributed by atoms with Crippen molar-refractivity contribution in [1.82, 2.24) is 0 Å². The summed E-state index contributed by atoms with van der Waals surface area (Å²) >= 11 is 0. The number of nitrogens with two attached hydrogens (primary N) is 1. The molecule has 0 aliphatic carbocycles. The van der Waals surface area contributed by atoms with Crippen molar-refractivity contribution in [2.24, 2.45) is 5.73 Å². The number of rotatable bonds is 16. The monoisotopic (exact) mass is 367 g/mol. The average molecular weight is 368 g/mol. The number of carbonyl (C=O) groups excluding carboxylic acids is 1. The van der Waals surface area contributed by atoms with Gasteiger partial charge in [-0.2, -0.15) is 0 Å². The number of halogens is 1. The van der Waals surface area contributed by atoms with Crippen LogP contribution in [-0.2, 0) is 4.79 Å². The van der Waals surface area contributed by atoms with Crippen molar-refractivity contribution in [3.05, 3.63) is 0 Å². The molecular formula is C19H42ClNO3. The second kappa shape index (κ2) is 27.5. The Hall–Kier alpha value is -0.320. The molecule has 0 radical (unpaired) electrons. The smallest absolute Gasteiger partial charge is 0.243 e. The Balaban J connectivity index is -0.000000639. The third kappa shape index (κ3) is 33.3. The Kier molecular flexibility index (Phi) is 32.7. The second-order valence-corrected chi connectivity index (χ2v) is 6.30. The summed E-state index contributed by atoms with van der Waals surface area (Å²) < 4.78 is 0. The maximum atomic E-state index is 9.34. The van der Waals surface area contributed by atoms with E-state index in [-0.39, 0.29) is 12.4 Å². The Morgan fingerprint density at radius 1 is 0.667 bits per heavy atom. The first-order valence-electron chi connectivity index (χ1n) is 9.69. The van der Waals surface area contributed by atoms with Gasteiger partial charge in [0, 0.05) is 6.61 Å². The van der Waals surface area contributed by atoms with Crippen molar-refractivity contribution in [3.63, 3.8) is 0 Å². The van der Waals surface area contributed by atoms with Gasteiger partial charge in [0.25, 0.3) is 0 Å². The van der Waals surface area contributed by atoms with Crippen LogP contribution in [0.15, 0.2) is 0 Å². The third-order valence-electron chi connectivity index (χ3n) is 3.92. The van der Waals surface area contributed by atoms with Crippen LogP contribution in [0.1, 0.15) is 103 Å². The summed E-state index contributed by atoms with van der Waals surface area (Å²) in [5.74, 6) is -0.690. The van der Waals surface area contributed by atoms with Gasteiger partial charge in [-0.3, -0.25) is 4.79 Å². The first kappa shape index (κ1) is 28.5. The lowest BCUT2D eigenvalue weighted by molar-refractivity contribution is -0.120. The summed E-state index contributed by atoms with van der Waals surface area (Å²) in [7, 11) is 0. The number of amides is 1. The van der Waals surface area contributed by atoms with Crippen LogP contribution in [0.5, 0.6) is 0 Å². The summed E-state index contributed by atoms with van der Waals surface area (Å²) in [5, 5.41) is 16.3. The van der Waals surface area contributed by atoms with Gasteiger partial charge in [-0.25, -0.2) is 0 Å². The van der Waals surface area contributed by atoms with Crippen LogP contribution in [0, 0.1) is 0 Å². The molecule has 0 saturated carbocycles. The Labute approximate surface area is 156 Å². The highest BCUT2D eigenvalue weighted by Crippen LogP contribution is 2.13. The molecule has 0 bridgehead atoms. The topological polar surface area (TPSA) is 83.5 Å². The summed E-state index contributed by atoms with van der Waals surface area (Å²) in [6.07, 6.45) is 20.7. The summed E-state index contributed by atoms with van der Waals surface area (Å²) in [6, 6.07) is 0. The molecule has 1 amide bonds. The van der Waals surface area contributed by atoms with E-state index in [0.717, 1.165) is 6.42 Å². The molecule has 4 nitrogen and oxygen atoms in total. The van der Waals surface area contributed by atoms with Crippen molar-refractivity contribution in [2.75, 3.05) is 13.2 Å². The van der Waals surface area contributed by atoms with Gasteiger partial charge in [-0.15, -0.1) is 12.4 Å². The molecule has 0 aliphatic heterocycles. The van der Waals surface area contributed by atoms with Gasteiger partial charge < -0.3 is 15.9 Å². The van der Waals surface area contributed by atoms with Gasteiger partial charge in [0.1, 0.15) is 6.61 Å². The highest BCUT2D eigenvalue weighted by Gasteiger charge is 1.93. The predicted octanol–water partition coefficient (Wildman–Crippen LogP) is 4.74. The Bertz CT molecular complexity index is 213. The Morgan fingerprint density at radius 2 is 0.917 bits per heavy atom. The van der Waals surface area contributed by atoms with Gasteiger partial charge >= 0.3 is 0 Å². The summed E-state index contributed by atoms with van der Waals surface area (Å²) in [6.45, 7) is 2.10. The fraction of sp³-hybridized carbons (Fsp3) is 0.947. The number of primary amides is 1. The van der Waals surface area contributed by atoms with Crippen molar-refractivity contribution >= 4 is 18.3 Å². The molecule has 4 N–H and O–H groups in total. The maximum Gasteiger partial charge on any atom is 0.243 e. The van der Waals surface area contributed by atoms with Gasteiger partial charge in [0.15, 0.2) is 0 Å². The lowest BCUT2D eigenvalue weighted by Crippen LogP contribution is -2.14. The fourth-order valence-corrected chi connectivity index (χ4v) is 2.48. The minimum Gasteiger partial charge on any atom is -0.396 e. The van der Waals surface area contributed by atoms with Crippen LogP contribution in [-0.4, -0.2) is 29.3 Å².